The van der Waals surface area contributed by atoms with Crippen molar-refractivity contribution in [1.82, 2.24) is 0 Å². The highest BCUT2D eigenvalue weighted by Gasteiger charge is 1.81. The summed E-state index contributed by atoms with van der Waals surface area (Å²) in [6.07, 6.45) is 1.45. The molecule has 43 valence electrons. The minimum atomic E-state index is 0.611. The molecule has 1 nitrogen and oxygen atoms in total. The van der Waals surface area contributed by atoms with Gasteiger partial charge in [-0.15, -0.1) is 5.92 Å². The fourth-order valence-corrected chi connectivity index (χ4v) is 0.269. The molecule has 0 saturated carbocycles. The summed E-state index contributed by atoms with van der Waals surface area (Å²) in [4.78, 5) is 0. The Balaban J connectivity index is 3.51. The van der Waals surface area contributed by atoms with E-state index < -0.39 is 0 Å². The molecule has 0 unspecified atom stereocenters. The molecule has 8 heavy (non-hydrogen) atoms. The van der Waals surface area contributed by atoms with Gasteiger partial charge in [0.1, 0.15) is 6.26 Å². The first kappa shape index (κ1) is 7.10. The minimum absolute atomic E-state index is 0.611. The summed E-state index contributed by atoms with van der Waals surface area (Å²) in [5, 5.41) is 9.91. The molecule has 0 spiro atoms. The molecule has 0 aliphatic rings. The second-order valence-electron chi connectivity index (χ2n) is 1.57. The summed E-state index contributed by atoms with van der Waals surface area (Å²) < 4.78 is 0. The molecule has 0 saturated heterocycles. The van der Waals surface area contributed by atoms with E-state index in [0.29, 0.717) is 6.42 Å². The predicted molar refractivity (Wildman–Crippen MR) is 32.5 cm³/mol. The van der Waals surface area contributed by atoms with Gasteiger partial charge in [-0.1, -0.05) is 5.92 Å². The Morgan fingerprint density at radius 2 is 2.38 bits per heavy atom. The highest BCUT2D eigenvalue weighted by atomic mass is 16.2. The van der Waals surface area contributed by atoms with Crippen molar-refractivity contribution in [3.8, 4) is 11.8 Å². The van der Waals surface area contributed by atoms with Crippen LogP contribution in [-0.4, -0.2) is 0 Å². The first-order valence-corrected chi connectivity index (χ1v) is 2.48. The van der Waals surface area contributed by atoms with Crippen LogP contribution >= 0.6 is 0 Å². The summed E-state index contributed by atoms with van der Waals surface area (Å²) in [6.45, 7) is 3.54. The zero-order chi connectivity index (χ0) is 6.41. The van der Waals surface area contributed by atoms with E-state index in [1.54, 1.807) is 13.8 Å². The van der Waals surface area contributed by atoms with E-state index in [4.69, 9.17) is 0 Å². The van der Waals surface area contributed by atoms with Crippen LogP contribution < -0.4 is 0 Å². The largest absolute Gasteiger partial charge is 0.299 e. The van der Waals surface area contributed by atoms with Crippen molar-refractivity contribution in [2.24, 2.45) is 0 Å². The molecule has 0 heterocycles. The fraction of sp³-hybridized carbons (Fsp3) is 0.429. The van der Waals surface area contributed by atoms with Gasteiger partial charge < -0.3 is 0 Å². The maximum absolute atomic E-state index is 9.91. The van der Waals surface area contributed by atoms with Crippen molar-refractivity contribution < 1.29 is 5.11 Å². The lowest BCUT2D eigenvalue weighted by molar-refractivity contribution is 0.346. The second kappa shape index (κ2) is 4.26. The van der Waals surface area contributed by atoms with Gasteiger partial charge in [0, 0.05) is 6.42 Å². The summed E-state index contributed by atoms with van der Waals surface area (Å²) in [6, 6.07) is 0. The average Bonchev–Trinajstić information content (AvgIpc) is 1.83. The monoisotopic (exact) mass is 109 g/mol. The Morgan fingerprint density at radius 3 is 2.75 bits per heavy atom. The third-order valence-corrected chi connectivity index (χ3v) is 0.745. The van der Waals surface area contributed by atoms with Gasteiger partial charge in [0.2, 0.25) is 0 Å². The van der Waals surface area contributed by atoms with Gasteiger partial charge >= 0.3 is 0 Å². The smallest absolute Gasteiger partial charge is 0.142 e. The lowest BCUT2D eigenvalue weighted by Gasteiger charge is -1.82. The predicted octanol–water partition coefficient (Wildman–Crippen LogP) is 1.73. The molecule has 1 radical (unpaired) electrons. The quantitative estimate of drug-likeness (QED) is 0.361. The SMILES string of the molecule is CC#CCC(C)=C[O]. The van der Waals surface area contributed by atoms with E-state index in [0.717, 1.165) is 11.8 Å². The topological polar surface area (TPSA) is 19.9 Å². The maximum Gasteiger partial charge on any atom is 0.142 e. The standard InChI is InChI=1S/C7H9O/c1-3-4-5-7(2)6-8/h6H,5H2,1-2H3. The van der Waals surface area contributed by atoms with Crippen LogP contribution in [0.15, 0.2) is 11.8 Å². The van der Waals surface area contributed by atoms with E-state index in [9.17, 15) is 5.11 Å². The van der Waals surface area contributed by atoms with Crippen molar-refractivity contribution in [2.75, 3.05) is 0 Å². The number of allylic oxidation sites excluding steroid dienone is 1. The van der Waals surface area contributed by atoms with E-state index in [1.165, 1.54) is 0 Å². The van der Waals surface area contributed by atoms with Crippen LogP contribution in [0.1, 0.15) is 20.3 Å². The van der Waals surface area contributed by atoms with E-state index >= 15 is 0 Å². The summed E-state index contributed by atoms with van der Waals surface area (Å²) in [7, 11) is 0. The Hall–Kier alpha value is -0.900. The molecule has 0 aromatic carbocycles. The Labute approximate surface area is 50.0 Å². The molecule has 0 amide bonds. The Kier molecular flexibility index (Phi) is 3.78. The molecular weight excluding hydrogens is 100 g/mol. The van der Waals surface area contributed by atoms with Crippen LogP contribution in [0.2, 0.25) is 0 Å². The van der Waals surface area contributed by atoms with Crippen molar-refractivity contribution in [3.05, 3.63) is 11.8 Å². The third kappa shape index (κ3) is 3.30. The molecule has 0 aliphatic heterocycles. The molecule has 0 aromatic rings. The molecule has 0 fully saturated rings. The highest BCUT2D eigenvalue weighted by Crippen LogP contribution is 1.94. The lowest BCUT2D eigenvalue weighted by Crippen LogP contribution is -1.69. The van der Waals surface area contributed by atoms with Crippen LogP contribution in [0.5, 0.6) is 0 Å². The van der Waals surface area contributed by atoms with Gasteiger partial charge in [0.25, 0.3) is 0 Å². The molecule has 0 N–H and O–H groups in total. The second-order valence-corrected chi connectivity index (χ2v) is 1.57. The molecule has 0 bridgehead atoms. The highest BCUT2D eigenvalue weighted by molar-refractivity contribution is 5.08. The van der Waals surface area contributed by atoms with Gasteiger partial charge in [-0.3, -0.25) is 5.11 Å². The van der Waals surface area contributed by atoms with Gasteiger partial charge in [0.05, 0.1) is 0 Å². The lowest BCUT2D eigenvalue weighted by atomic mass is 10.2. The van der Waals surface area contributed by atoms with Crippen LogP contribution in [0.3, 0.4) is 0 Å². The van der Waals surface area contributed by atoms with Crippen LogP contribution in [-0.2, 0) is 5.11 Å². The number of hydrogen-bond acceptors (Lipinski definition) is 0. The third-order valence-electron chi connectivity index (χ3n) is 0.745. The first-order chi connectivity index (χ1) is 3.81. The van der Waals surface area contributed by atoms with Crippen LogP contribution in [0.25, 0.3) is 0 Å². The van der Waals surface area contributed by atoms with Crippen molar-refractivity contribution in [3.63, 3.8) is 0 Å². The Bertz CT molecular complexity index is 134. The van der Waals surface area contributed by atoms with Gasteiger partial charge in [0.15, 0.2) is 0 Å². The maximum atomic E-state index is 9.91. The molecule has 0 rings (SSSR count). The van der Waals surface area contributed by atoms with E-state index in [1.807, 2.05) is 0 Å². The number of rotatable bonds is 1. The van der Waals surface area contributed by atoms with Crippen molar-refractivity contribution >= 4 is 0 Å². The average molecular weight is 109 g/mol. The van der Waals surface area contributed by atoms with Gasteiger partial charge in [-0.25, -0.2) is 0 Å². The normalized spacial score (nSPS) is 10.0. The molecule has 0 atom stereocenters. The summed E-state index contributed by atoms with van der Waals surface area (Å²) in [5.74, 6) is 5.48. The molecule has 0 aromatic heterocycles. The van der Waals surface area contributed by atoms with Crippen LogP contribution in [0, 0.1) is 11.8 Å². The fourth-order valence-electron chi connectivity index (χ4n) is 0.269. The minimum Gasteiger partial charge on any atom is -0.299 e. The zero-order valence-corrected chi connectivity index (χ0v) is 5.19. The Morgan fingerprint density at radius 1 is 1.75 bits per heavy atom. The zero-order valence-electron chi connectivity index (χ0n) is 5.19. The molecule has 1 heteroatoms. The number of hydrogen-bond donors (Lipinski definition) is 0. The van der Waals surface area contributed by atoms with Crippen LogP contribution in [0.4, 0.5) is 0 Å². The van der Waals surface area contributed by atoms with Gasteiger partial charge in [-0.05, 0) is 19.4 Å². The molecular formula is C7H9O. The first-order valence-electron chi connectivity index (χ1n) is 2.48. The van der Waals surface area contributed by atoms with E-state index in [-0.39, 0.29) is 0 Å². The summed E-state index contributed by atoms with van der Waals surface area (Å²) in [5.41, 5.74) is 0.791. The summed E-state index contributed by atoms with van der Waals surface area (Å²) >= 11 is 0. The van der Waals surface area contributed by atoms with Gasteiger partial charge in [-0.2, -0.15) is 0 Å². The van der Waals surface area contributed by atoms with E-state index in [2.05, 4.69) is 11.8 Å². The van der Waals surface area contributed by atoms with Crippen molar-refractivity contribution in [1.29, 1.82) is 0 Å². The van der Waals surface area contributed by atoms with Crippen molar-refractivity contribution in [2.45, 2.75) is 20.3 Å². The molecule has 0 aliphatic carbocycles.